The minimum atomic E-state index is -0.771. The fourth-order valence-corrected chi connectivity index (χ4v) is 2.07. The van der Waals surface area contributed by atoms with Crippen molar-refractivity contribution < 1.29 is 14.7 Å². The summed E-state index contributed by atoms with van der Waals surface area (Å²) < 4.78 is 0. The summed E-state index contributed by atoms with van der Waals surface area (Å²) >= 11 is 0. The van der Waals surface area contributed by atoms with E-state index in [1.165, 1.54) is 0 Å². The second-order valence-corrected chi connectivity index (χ2v) is 4.26. The number of carboxylic acids is 1. The zero-order chi connectivity index (χ0) is 11.4. The Bertz CT molecular complexity index is 252. The number of carboxylic acid groups (broad SMARTS) is 1. The van der Waals surface area contributed by atoms with Crippen LogP contribution in [0.4, 0.5) is 0 Å². The summed E-state index contributed by atoms with van der Waals surface area (Å²) in [4.78, 5) is 24.2. The van der Waals surface area contributed by atoms with Gasteiger partial charge in [0.2, 0.25) is 0 Å². The molecule has 0 aromatic carbocycles. The lowest BCUT2D eigenvalue weighted by molar-refractivity contribution is -0.138. The Morgan fingerprint density at radius 2 is 2.33 bits per heavy atom. The van der Waals surface area contributed by atoms with Gasteiger partial charge in [0, 0.05) is 31.5 Å². The van der Waals surface area contributed by atoms with E-state index in [0.717, 1.165) is 13.0 Å². The van der Waals surface area contributed by atoms with Crippen molar-refractivity contribution in [1.29, 1.82) is 0 Å². The Morgan fingerprint density at radius 1 is 1.67 bits per heavy atom. The van der Waals surface area contributed by atoms with Crippen molar-refractivity contribution in [2.75, 3.05) is 13.1 Å². The third kappa shape index (κ3) is 3.30. The molecule has 1 saturated heterocycles. The van der Waals surface area contributed by atoms with Crippen LogP contribution in [-0.2, 0) is 9.59 Å². The van der Waals surface area contributed by atoms with Crippen LogP contribution in [0.5, 0.6) is 0 Å². The zero-order valence-corrected chi connectivity index (χ0v) is 9.40. The second-order valence-electron chi connectivity index (χ2n) is 4.26. The largest absolute Gasteiger partial charge is 0.481 e. The van der Waals surface area contributed by atoms with Gasteiger partial charge in [-0.05, 0) is 13.3 Å². The van der Waals surface area contributed by atoms with Gasteiger partial charge in [-0.3, -0.25) is 14.5 Å². The fourth-order valence-electron chi connectivity index (χ4n) is 2.07. The maximum absolute atomic E-state index is 11.5. The smallest absolute Gasteiger partial charge is 0.304 e. The van der Waals surface area contributed by atoms with Crippen molar-refractivity contribution in [3.05, 3.63) is 0 Å². The van der Waals surface area contributed by atoms with Crippen molar-refractivity contribution in [3.63, 3.8) is 0 Å². The van der Waals surface area contributed by atoms with Gasteiger partial charge in [0.15, 0.2) is 0 Å². The van der Waals surface area contributed by atoms with E-state index in [1.807, 2.05) is 13.8 Å². The molecule has 4 heteroatoms. The summed E-state index contributed by atoms with van der Waals surface area (Å²) in [7, 11) is 0. The van der Waals surface area contributed by atoms with Crippen molar-refractivity contribution in [2.45, 2.75) is 39.2 Å². The molecule has 0 amide bonds. The maximum Gasteiger partial charge on any atom is 0.304 e. The summed E-state index contributed by atoms with van der Waals surface area (Å²) in [5.74, 6) is -0.335. The van der Waals surface area contributed by atoms with Gasteiger partial charge in [0.05, 0.1) is 6.42 Å². The van der Waals surface area contributed by atoms with Gasteiger partial charge < -0.3 is 5.11 Å². The number of rotatable bonds is 4. The predicted octanol–water partition coefficient (Wildman–Crippen LogP) is 1.15. The molecule has 2 atom stereocenters. The molecular weight excluding hydrogens is 194 g/mol. The minimum absolute atomic E-state index is 0.0321. The molecular formula is C11H19NO3. The van der Waals surface area contributed by atoms with Crippen molar-refractivity contribution in [2.24, 2.45) is 5.92 Å². The Balaban J connectivity index is 2.50. The fraction of sp³-hybridized carbons (Fsp3) is 0.818. The van der Waals surface area contributed by atoms with Crippen LogP contribution in [0, 0.1) is 5.92 Å². The van der Waals surface area contributed by atoms with Gasteiger partial charge in [-0.1, -0.05) is 6.92 Å². The zero-order valence-electron chi connectivity index (χ0n) is 9.40. The number of carbonyl (C=O) groups is 2. The highest BCUT2D eigenvalue weighted by molar-refractivity contribution is 5.82. The Hall–Kier alpha value is -0.900. The molecule has 86 valence electrons. The first-order valence-corrected chi connectivity index (χ1v) is 5.53. The van der Waals surface area contributed by atoms with Crippen molar-refractivity contribution in [3.8, 4) is 0 Å². The average Bonchev–Trinajstić information content (AvgIpc) is 2.17. The molecule has 0 spiro atoms. The van der Waals surface area contributed by atoms with Crippen LogP contribution in [-0.4, -0.2) is 40.9 Å². The van der Waals surface area contributed by atoms with Crippen molar-refractivity contribution in [1.82, 2.24) is 4.90 Å². The summed E-state index contributed by atoms with van der Waals surface area (Å²) in [5.41, 5.74) is 0. The van der Waals surface area contributed by atoms with Crippen molar-refractivity contribution >= 4 is 11.8 Å². The second kappa shape index (κ2) is 5.26. The summed E-state index contributed by atoms with van der Waals surface area (Å²) in [6.45, 7) is 5.36. The van der Waals surface area contributed by atoms with Crippen LogP contribution in [0.1, 0.15) is 33.1 Å². The van der Waals surface area contributed by atoms with E-state index in [0.29, 0.717) is 18.7 Å². The topological polar surface area (TPSA) is 57.6 Å². The van der Waals surface area contributed by atoms with Crippen LogP contribution in [0.25, 0.3) is 0 Å². The van der Waals surface area contributed by atoms with E-state index >= 15 is 0 Å². The number of carbonyl (C=O) groups excluding carboxylic acids is 1. The number of Topliss-reactive ketones (excluding diaryl/α,β-unsaturated/α-hetero) is 1. The highest BCUT2D eigenvalue weighted by Crippen LogP contribution is 2.19. The number of likely N-dealkylation sites (tertiary alicyclic amines) is 1. The van der Waals surface area contributed by atoms with Crippen LogP contribution in [0.3, 0.4) is 0 Å². The van der Waals surface area contributed by atoms with E-state index in [4.69, 9.17) is 5.11 Å². The van der Waals surface area contributed by atoms with Gasteiger partial charge >= 0.3 is 5.97 Å². The maximum atomic E-state index is 11.5. The molecule has 1 aliphatic heterocycles. The lowest BCUT2D eigenvalue weighted by atomic mass is 9.93. The molecule has 4 nitrogen and oxygen atoms in total. The number of hydrogen-bond donors (Lipinski definition) is 1. The molecule has 0 aromatic rings. The first-order valence-electron chi connectivity index (χ1n) is 5.53. The van der Waals surface area contributed by atoms with E-state index in [1.54, 1.807) is 0 Å². The first kappa shape index (κ1) is 12.2. The van der Waals surface area contributed by atoms with Crippen LogP contribution in [0.2, 0.25) is 0 Å². The molecule has 15 heavy (non-hydrogen) atoms. The number of hydrogen-bond acceptors (Lipinski definition) is 3. The molecule has 1 fully saturated rings. The Morgan fingerprint density at radius 3 is 2.87 bits per heavy atom. The third-order valence-electron chi connectivity index (χ3n) is 3.14. The molecule has 1 heterocycles. The van der Waals surface area contributed by atoms with Gasteiger partial charge in [0.1, 0.15) is 5.78 Å². The lowest BCUT2D eigenvalue weighted by Gasteiger charge is -2.35. The number of aliphatic carboxylic acids is 1. The molecule has 1 rings (SSSR count). The van der Waals surface area contributed by atoms with Crippen LogP contribution in [0.15, 0.2) is 0 Å². The molecule has 0 saturated carbocycles. The number of nitrogens with zero attached hydrogens (tertiary/aromatic N) is 1. The molecule has 0 bridgehead atoms. The summed E-state index contributed by atoms with van der Waals surface area (Å²) in [5, 5.41) is 8.70. The van der Waals surface area contributed by atoms with Gasteiger partial charge in [0.25, 0.3) is 0 Å². The first-order chi connectivity index (χ1) is 7.04. The van der Waals surface area contributed by atoms with Crippen LogP contribution >= 0.6 is 0 Å². The number of ketones is 1. The minimum Gasteiger partial charge on any atom is -0.481 e. The van der Waals surface area contributed by atoms with E-state index in [2.05, 4.69) is 4.90 Å². The molecule has 0 aliphatic carbocycles. The average molecular weight is 213 g/mol. The number of piperidine rings is 1. The molecule has 0 aromatic heterocycles. The Kier molecular flexibility index (Phi) is 4.27. The van der Waals surface area contributed by atoms with E-state index < -0.39 is 5.97 Å². The highest BCUT2D eigenvalue weighted by Gasteiger charge is 2.28. The normalized spacial score (nSPS) is 25.2. The lowest BCUT2D eigenvalue weighted by Crippen LogP contribution is -2.45. The molecule has 1 N–H and O–H groups in total. The molecule has 1 aliphatic rings. The van der Waals surface area contributed by atoms with Gasteiger partial charge in [-0.15, -0.1) is 0 Å². The molecule has 2 unspecified atom stereocenters. The quantitative estimate of drug-likeness (QED) is 0.761. The van der Waals surface area contributed by atoms with E-state index in [-0.39, 0.29) is 18.4 Å². The van der Waals surface area contributed by atoms with Crippen LogP contribution < -0.4 is 0 Å². The van der Waals surface area contributed by atoms with Gasteiger partial charge in [-0.25, -0.2) is 0 Å². The molecule has 0 radical (unpaired) electrons. The summed E-state index contributed by atoms with van der Waals surface area (Å²) in [6, 6.07) is 0.0321. The third-order valence-corrected chi connectivity index (χ3v) is 3.14. The Labute approximate surface area is 90.3 Å². The van der Waals surface area contributed by atoms with Gasteiger partial charge in [-0.2, -0.15) is 0 Å². The monoisotopic (exact) mass is 213 g/mol. The SMILES string of the molecule is CCC1CN(C(C)CC(=O)O)CCC1=O. The summed E-state index contributed by atoms with van der Waals surface area (Å²) in [6.07, 6.45) is 1.59. The highest BCUT2D eigenvalue weighted by atomic mass is 16.4. The van der Waals surface area contributed by atoms with E-state index in [9.17, 15) is 9.59 Å². The predicted molar refractivity (Wildman–Crippen MR) is 56.7 cm³/mol. The standard InChI is InChI=1S/C11H19NO3/c1-3-9-7-12(5-4-10(9)13)8(2)6-11(14)15/h8-9H,3-7H2,1-2H3,(H,14,15).